The quantitative estimate of drug-likeness (QED) is 0.808. The third-order valence-electron chi connectivity index (χ3n) is 3.50. The van der Waals surface area contributed by atoms with Crippen molar-refractivity contribution in [2.45, 2.75) is 12.1 Å². The summed E-state index contributed by atoms with van der Waals surface area (Å²) in [6.45, 7) is 0.442. The molecule has 2 aromatic carbocycles. The molecule has 0 heterocycles. The average molecular weight is 342 g/mol. The van der Waals surface area contributed by atoms with Crippen LogP contribution in [-0.2, 0) is 4.74 Å². The Bertz CT molecular complexity index is 654. The van der Waals surface area contributed by atoms with Crippen LogP contribution in [0.2, 0.25) is 5.02 Å². The Morgan fingerprint density at radius 1 is 1.17 bits per heavy atom. The van der Waals surface area contributed by atoms with Gasteiger partial charge in [-0.05, 0) is 23.8 Å². The lowest BCUT2D eigenvalue weighted by atomic mass is 10.1. The van der Waals surface area contributed by atoms with E-state index in [4.69, 9.17) is 16.3 Å². The van der Waals surface area contributed by atoms with Crippen LogP contribution in [0.3, 0.4) is 0 Å². The van der Waals surface area contributed by atoms with E-state index in [1.165, 1.54) is 13.2 Å². The number of aliphatic hydroxyl groups is 1. The number of hydrogen-bond donors (Lipinski definition) is 2. The van der Waals surface area contributed by atoms with Crippen LogP contribution in [-0.4, -0.2) is 25.4 Å². The largest absolute Gasteiger partial charge is 0.387 e. The highest BCUT2D eigenvalue weighted by Gasteiger charge is 2.17. The minimum absolute atomic E-state index is 0.191. The standard InChI is InChI=1S/C17H18ClF2NO2/c1-23-10-16(11-6-7-14(19)15(20)8-11)21-9-17(22)12-4-2-3-5-13(12)18/h2-8,16-17,21-22H,9-10H2,1H3. The molecule has 0 bridgehead atoms. The van der Waals surface area contributed by atoms with Crippen molar-refractivity contribution in [2.24, 2.45) is 0 Å². The van der Waals surface area contributed by atoms with Crippen molar-refractivity contribution in [3.05, 3.63) is 70.2 Å². The Morgan fingerprint density at radius 3 is 2.57 bits per heavy atom. The smallest absolute Gasteiger partial charge is 0.159 e. The molecule has 2 N–H and O–H groups in total. The van der Waals surface area contributed by atoms with E-state index in [2.05, 4.69) is 5.32 Å². The highest BCUT2D eigenvalue weighted by atomic mass is 35.5. The first-order valence-corrected chi connectivity index (χ1v) is 7.50. The molecule has 0 saturated carbocycles. The molecule has 0 aromatic heterocycles. The number of benzene rings is 2. The van der Waals surface area contributed by atoms with Crippen LogP contribution in [0.15, 0.2) is 42.5 Å². The second-order valence-corrected chi connectivity index (χ2v) is 5.53. The summed E-state index contributed by atoms with van der Waals surface area (Å²) in [6.07, 6.45) is -0.826. The van der Waals surface area contributed by atoms with Gasteiger partial charge in [-0.15, -0.1) is 0 Å². The summed E-state index contributed by atoms with van der Waals surface area (Å²) in [7, 11) is 1.51. The first-order valence-electron chi connectivity index (χ1n) is 7.12. The second kappa shape index (κ2) is 8.36. The maximum atomic E-state index is 13.4. The molecule has 0 aliphatic rings. The lowest BCUT2D eigenvalue weighted by Crippen LogP contribution is -2.29. The molecule has 2 atom stereocenters. The Balaban J connectivity index is 2.07. The van der Waals surface area contributed by atoms with Gasteiger partial charge in [-0.3, -0.25) is 0 Å². The molecular weight excluding hydrogens is 324 g/mol. The van der Waals surface area contributed by atoms with Crippen LogP contribution in [0.1, 0.15) is 23.3 Å². The van der Waals surface area contributed by atoms with E-state index in [-0.39, 0.29) is 19.2 Å². The minimum atomic E-state index is -0.919. The van der Waals surface area contributed by atoms with Gasteiger partial charge in [-0.25, -0.2) is 8.78 Å². The number of nitrogens with one attached hydrogen (secondary N) is 1. The molecule has 2 aromatic rings. The predicted octanol–water partition coefficient (Wildman–Crippen LogP) is 3.63. The molecule has 124 valence electrons. The zero-order valence-electron chi connectivity index (χ0n) is 12.6. The van der Waals surface area contributed by atoms with E-state index in [1.807, 2.05) is 0 Å². The summed E-state index contributed by atoms with van der Waals surface area (Å²) in [5, 5.41) is 13.8. The average Bonchev–Trinajstić information content (AvgIpc) is 2.54. The minimum Gasteiger partial charge on any atom is -0.387 e. The molecular formula is C17H18ClF2NO2. The summed E-state index contributed by atoms with van der Waals surface area (Å²) in [6, 6.07) is 10.3. The highest BCUT2D eigenvalue weighted by molar-refractivity contribution is 6.31. The fraction of sp³-hybridized carbons (Fsp3) is 0.294. The molecule has 23 heavy (non-hydrogen) atoms. The van der Waals surface area contributed by atoms with Gasteiger partial charge in [0.1, 0.15) is 0 Å². The summed E-state index contributed by atoms with van der Waals surface area (Å²) >= 11 is 6.05. The van der Waals surface area contributed by atoms with Crippen LogP contribution in [0.5, 0.6) is 0 Å². The van der Waals surface area contributed by atoms with Gasteiger partial charge >= 0.3 is 0 Å². The number of halogens is 3. The molecule has 0 aliphatic heterocycles. The van der Waals surface area contributed by atoms with Crippen LogP contribution >= 0.6 is 11.6 Å². The van der Waals surface area contributed by atoms with Crippen molar-refractivity contribution >= 4 is 11.6 Å². The fourth-order valence-electron chi connectivity index (χ4n) is 2.28. The number of hydrogen-bond acceptors (Lipinski definition) is 3. The zero-order chi connectivity index (χ0) is 16.8. The van der Waals surface area contributed by atoms with Gasteiger partial charge in [0.05, 0.1) is 18.8 Å². The number of aliphatic hydroxyl groups excluding tert-OH is 1. The van der Waals surface area contributed by atoms with Crippen molar-refractivity contribution < 1.29 is 18.6 Å². The van der Waals surface area contributed by atoms with Crippen LogP contribution in [0.25, 0.3) is 0 Å². The van der Waals surface area contributed by atoms with Crippen molar-refractivity contribution in [1.29, 1.82) is 0 Å². The Labute approximate surface area is 138 Å². The van der Waals surface area contributed by atoms with Gasteiger partial charge in [0.2, 0.25) is 0 Å². The second-order valence-electron chi connectivity index (χ2n) is 5.13. The number of methoxy groups -OCH3 is 1. The van der Waals surface area contributed by atoms with E-state index in [0.717, 1.165) is 12.1 Å². The summed E-state index contributed by atoms with van der Waals surface area (Å²) in [5.41, 5.74) is 1.14. The fourth-order valence-corrected chi connectivity index (χ4v) is 2.54. The summed E-state index contributed by atoms with van der Waals surface area (Å²) < 4.78 is 31.5. The molecule has 0 amide bonds. The van der Waals surface area contributed by atoms with Gasteiger partial charge in [0.25, 0.3) is 0 Å². The molecule has 0 fully saturated rings. The van der Waals surface area contributed by atoms with Crippen molar-refractivity contribution in [2.75, 3.05) is 20.3 Å². The SMILES string of the molecule is COCC(NCC(O)c1ccccc1Cl)c1ccc(F)c(F)c1. The summed E-state index contributed by atoms with van der Waals surface area (Å²) in [4.78, 5) is 0. The molecule has 2 rings (SSSR count). The van der Waals surface area contributed by atoms with E-state index >= 15 is 0 Å². The van der Waals surface area contributed by atoms with Crippen molar-refractivity contribution in [1.82, 2.24) is 5.32 Å². The molecule has 6 heteroatoms. The van der Waals surface area contributed by atoms with Gasteiger partial charge in [-0.1, -0.05) is 35.9 Å². The van der Waals surface area contributed by atoms with Crippen molar-refractivity contribution in [3.8, 4) is 0 Å². The topological polar surface area (TPSA) is 41.5 Å². The maximum Gasteiger partial charge on any atom is 0.159 e. The normalized spacial score (nSPS) is 13.8. The van der Waals surface area contributed by atoms with Crippen LogP contribution < -0.4 is 5.32 Å². The maximum absolute atomic E-state index is 13.4. The van der Waals surface area contributed by atoms with Gasteiger partial charge in [0, 0.05) is 24.2 Å². The van der Waals surface area contributed by atoms with E-state index in [1.54, 1.807) is 24.3 Å². The van der Waals surface area contributed by atoms with Gasteiger partial charge in [0.15, 0.2) is 11.6 Å². The van der Waals surface area contributed by atoms with E-state index in [0.29, 0.717) is 16.1 Å². The Hall–Kier alpha value is -1.53. The zero-order valence-corrected chi connectivity index (χ0v) is 13.4. The third kappa shape index (κ3) is 4.72. The Morgan fingerprint density at radius 2 is 1.91 bits per heavy atom. The van der Waals surface area contributed by atoms with E-state index < -0.39 is 17.7 Å². The highest BCUT2D eigenvalue weighted by Crippen LogP contribution is 2.23. The lowest BCUT2D eigenvalue weighted by molar-refractivity contribution is 0.139. The van der Waals surface area contributed by atoms with Gasteiger partial charge in [-0.2, -0.15) is 0 Å². The Kier molecular flexibility index (Phi) is 6.47. The third-order valence-corrected chi connectivity index (χ3v) is 3.85. The molecule has 2 unspecified atom stereocenters. The molecule has 0 radical (unpaired) electrons. The number of ether oxygens (including phenoxy) is 1. The first-order chi connectivity index (χ1) is 11.0. The monoisotopic (exact) mass is 341 g/mol. The number of rotatable bonds is 7. The molecule has 0 spiro atoms. The lowest BCUT2D eigenvalue weighted by Gasteiger charge is -2.21. The van der Waals surface area contributed by atoms with E-state index in [9.17, 15) is 13.9 Å². The molecule has 0 saturated heterocycles. The van der Waals surface area contributed by atoms with Crippen LogP contribution in [0.4, 0.5) is 8.78 Å². The molecule has 0 aliphatic carbocycles. The van der Waals surface area contributed by atoms with Crippen LogP contribution in [0, 0.1) is 11.6 Å². The first kappa shape index (κ1) is 17.8. The van der Waals surface area contributed by atoms with Crippen molar-refractivity contribution in [3.63, 3.8) is 0 Å². The predicted molar refractivity (Wildman–Crippen MR) is 85.4 cm³/mol. The summed E-state index contributed by atoms with van der Waals surface area (Å²) in [5.74, 6) is -1.82. The molecule has 3 nitrogen and oxygen atoms in total. The van der Waals surface area contributed by atoms with Gasteiger partial charge < -0.3 is 15.2 Å².